The van der Waals surface area contributed by atoms with Gasteiger partial charge in [-0.25, -0.2) is 13.4 Å². The van der Waals surface area contributed by atoms with Crippen molar-refractivity contribution in [2.24, 2.45) is 0 Å². The quantitative estimate of drug-likeness (QED) is 0.852. The van der Waals surface area contributed by atoms with Gasteiger partial charge in [0.05, 0.1) is 20.9 Å². The molecule has 0 atom stereocenters. The summed E-state index contributed by atoms with van der Waals surface area (Å²) in [6, 6.07) is 4.65. The summed E-state index contributed by atoms with van der Waals surface area (Å²) in [6.45, 7) is 1.08. The molecule has 0 amide bonds. The number of benzene rings is 1. The minimum atomic E-state index is -3.49. The van der Waals surface area contributed by atoms with Crippen molar-refractivity contribution in [2.45, 2.75) is 11.8 Å². The molecule has 0 saturated heterocycles. The number of nitrogens with zero attached hydrogens (tertiary/aromatic N) is 1. The smallest absolute Gasteiger partial charge is 0.302 e. The molecule has 0 fully saturated rings. The number of carbonyl (C=O) groups excluding carboxylic acids is 1. The van der Waals surface area contributed by atoms with E-state index in [4.69, 9.17) is 5.73 Å². The van der Waals surface area contributed by atoms with Gasteiger partial charge < -0.3 is 10.5 Å². The predicted molar refractivity (Wildman–Crippen MR) is 72.7 cm³/mol. The van der Waals surface area contributed by atoms with Crippen molar-refractivity contribution in [3.05, 3.63) is 18.2 Å². The fourth-order valence-corrected chi connectivity index (χ4v) is 3.35. The molecule has 0 aliphatic heterocycles. The van der Waals surface area contributed by atoms with Gasteiger partial charge in [0.25, 0.3) is 0 Å². The molecular weight excluding hydrogens is 288 g/mol. The Morgan fingerprint density at radius 3 is 2.89 bits per heavy atom. The zero-order valence-electron chi connectivity index (χ0n) is 10.1. The lowest BCUT2D eigenvalue weighted by molar-refractivity contribution is -0.140. The zero-order chi connectivity index (χ0) is 14.0. The average Bonchev–Trinajstić information content (AvgIpc) is 2.67. The number of hydrogen-bond acceptors (Lipinski definition) is 7. The highest BCUT2D eigenvalue weighted by molar-refractivity contribution is 7.91. The van der Waals surface area contributed by atoms with Gasteiger partial charge in [0.1, 0.15) is 6.61 Å². The Morgan fingerprint density at radius 2 is 2.21 bits per heavy atom. The van der Waals surface area contributed by atoms with Crippen LogP contribution < -0.4 is 5.73 Å². The van der Waals surface area contributed by atoms with Crippen LogP contribution in [-0.2, 0) is 19.4 Å². The van der Waals surface area contributed by atoms with Crippen LogP contribution in [-0.4, -0.2) is 31.7 Å². The molecule has 2 N–H and O–H groups in total. The van der Waals surface area contributed by atoms with E-state index in [9.17, 15) is 13.2 Å². The Hall–Kier alpha value is -1.67. The highest BCUT2D eigenvalue weighted by atomic mass is 32.2. The first kappa shape index (κ1) is 13.8. The summed E-state index contributed by atoms with van der Waals surface area (Å²) in [7, 11) is -3.49. The van der Waals surface area contributed by atoms with E-state index >= 15 is 0 Å². The summed E-state index contributed by atoms with van der Waals surface area (Å²) in [4.78, 5) is 14.8. The number of thiazole rings is 1. The third-order valence-corrected chi connectivity index (χ3v) is 4.93. The molecule has 1 aromatic heterocycles. The average molecular weight is 300 g/mol. The second-order valence-electron chi connectivity index (χ2n) is 3.84. The third-order valence-electron chi connectivity index (χ3n) is 2.39. The van der Waals surface area contributed by atoms with E-state index in [1.54, 1.807) is 6.07 Å². The fraction of sp³-hybridized carbons (Fsp3) is 0.273. The Morgan fingerprint density at radius 1 is 1.47 bits per heavy atom. The SMILES string of the molecule is CC(=O)OCCS(=O)(=O)c1ccc2sc(N)nc2c1. The van der Waals surface area contributed by atoms with E-state index < -0.39 is 15.8 Å². The van der Waals surface area contributed by atoms with Crippen LogP contribution in [0.1, 0.15) is 6.92 Å². The molecule has 19 heavy (non-hydrogen) atoms. The fourth-order valence-electron chi connectivity index (χ4n) is 1.53. The normalized spacial score (nSPS) is 11.6. The lowest BCUT2D eigenvalue weighted by atomic mass is 10.3. The molecule has 0 bridgehead atoms. The standard InChI is InChI=1S/C11H12N2O4S2/c1-7(14)17-4-5-19(15,16)8-2-3-10-9(6-8)13-11(12)18-10/h2-3,6H,4-5H2,1H3,(H2,12,13). The highest BCUT2D eigenvalue weighted by Gasteiger charge is 2.16. The zero-order valence-corrected chi connectivity index (χ0v) is 11.8. The highest BCUT2D eigenvalue weighted by Crippen LogP contribution is 2.26. The number of hydrogen-bond donors (Lipinski definition) is 1. The van der Waals surface area contributed by atoms with Crippen molar-refractivity contribution in [1.82, 2.24) is 4.98 Å². The van der Waals surface area contributed by atoms with Gasteiger partial charge >= 0.3 is 5.97 Å². The summed E-state index contributed by atoms with van der Waals surface area (Å²) >= 11 is 1.30. The first-order valence-corrected chi connectivity index (χ1v) is 7.87. The lowest BCUT2D eigenvalue weighted by Gasteiger charge is -2.04. The maximum absolute atomic E-state index is 12.0. The van der Waals surface area contributed by atoms with Gasteiger partial charge in [-0.15, -0.1) is 0 Å². The van der Waals surface area contributed by atoms with Crippen LogP contribution in [0.5, 0.6) is 0 Å². The molecule has 102 valence electrons. The van der Waals surface area contributed by atoms with E-state index in [2.05, 4.69) is 9.72 Å². The summed E-state index contributed by atoms with van der Waals surface area (Å²) in [5.41, 5.74) is 6.12. The molecule has 2 rings (SSSR count). The summed E-state index contributed by atoms with van der Waals surface area (Å²) in [5, 5.41) is 0.393. The van der Waals surface area contributed by atoms with E-state index in [0.717, 1.165) is 4.70 Å². The van der Waals surface area contributed by atoms with E-state index in [-0.39, 0.29) is 17.3 Å². The maximum atomic E-state index is 12.0. The molecule has 0 aliphatic carbocycles. The van der Waals surface area contributed by atoms with Crippen LogP contribution in [0, 0.1) is 0 Å². The molecule has 0 spiro atoms. The minimum absolute atomic E-state index is 0.150. The first-order valence-electron chi connectivity index (χ1n) is 5.41. The number of nitrogen functional groups attached to an aromatic ring is 1. The van der Waals surface area contributed by atoms with Crippen molar-refractivity contribution in [2.75, 3.05) is 18.1 Å². The molecule has 1 aromatic carbocycles. The number of nitrogens with two attached hydrogens (primary N) is 1. The third kappa shape index (κ3) is 3.21. The van der Waals surface area contributed by atoms with Crippen molar-refractivity contribution < 1.29 is 17.9 Å². The Bertz CT molecular complexity index is 721. The molecule has 0 radical (unpaired) electrons. The van der Waals surface area contributed by atoms with Gasteiger partial charge in [-0.1, -0.05) is 11.3 Å². The van der Waals surface area contributed by atoms with E-state index in [1.165, 1.54) is 30.4 Å². The second-order valence-corrected chi connectivity index (χ2v) is 7.01. The van der Waals surface area contributed by atoms with Crippen molar-refractivity contribution in [3.63, 3.8) is 0 Å². The van der Waals surface area contributed by atoms with Crippen LogP contribution in [0.15, 0.2) is 23.1 Å². The predicted octanol–water partition coefficient (Wildman–Crippen LogP) is 1.22. The monoisotopic (exact) mass is 300 g/mol. The number of ether oxygens (including phenoxy) is 1. The van der Waals surface area contributed by atoms with Crippen molar-refractivity contribution in [3.8, 4) is 0 Å². The Balaban J connectivity index is 2.24. The topological polar surface area (TPSA) is 99.4 Å². The van der Waals surface area contributed by atoms with Gasteiger partial charge in [-0.2, -0.15) is 0 Å². The number of aromatic nitrogens is 1. The Kier molecular flexibility index (Phi) is 3.72. The van der Waals surface area contributed by atoms with Gasteiger partial charge in [-0.3, -0.25) is 4.79 Å². The van der Waals surface area contributed by atoms with Gasteiger partial charge in [0.15, 0.2) is 15.0 Å². The summed E-state index contributed by atoms with van der Waals surface area (Å²) < 4.78 is 29.5. The number of rotatable bonds is 4. The van der Waals surface area contributed by atoms with E-state index in [0.29, 0.717) is 10.6 Å². The van der Waals surface area contributed by atoms with Crippen LogP contribution in [0.25, 0.3) is 10.2 Å². The molecule has 0 saturated carbocycles. The van der Waals surface area contributed by atoms with E-state index in [1.807, 2.05) is 0 Å². The lowest BCUT2D eigenvalue weighted by Crippen LogP contribution is -2.14. The number of anilines is 1. The van der Waals surface area contributed by atoms with Crippen LogP contribution >= 0.6 is 11.3 Å². The number of carbonyl (C=O) groups is 1. The summed E-state index contributed by atoms with van der Waals surface area (Å²) in [6.07, 6.45) is 0. The van der Waals surface area contributed by atoms with Crippen LogP contribution in [0.2, 0.25) is 0 Å². The van der Waals surface area contributed by atoms with Gasteiger partial charge in [0, 0.05) is 6.92 Å². The molecule has 2 aromatic rings. The second kappa shape index (κ2) is 5.14. The minimum Gasteiger partial charge on any atom is -0.465 e. The van der Waals surface area contributed by atoms with Gasteiger partial charge in [-0.05, 0) is 18.2 Å². The van der Waals surface area contributed by atoms with Crippen LogP contribution in [0.4, 0.5) is 5.13 Å². The van der Waals surface area contributed by atoms with Crippen molar-refractivity contribution in [1.29, 1.82) is 0 Å². The molecular formula is C11H12N2O4S2. The number of fused-ring (bicyclic) bond motifs is 1. The van der Waals surface area contributed by atoms with Crippen molar-refractivity contribution >= 4 is 42.5 Å². The molecule has 0 aliphatic rings. The largest absolute Gasteiger partial charge is 0.465 e. The summed E-state index contributed by atoms with van der Waals surface area (Å²) in [5.74, 6) is -0.754. The van der Waals surface area contributed by atoms with Crippen LogP contribution in [0.3, 0.4) is 0 Å². The first-order chi connectivity index (χ1) is 8.88. The number of sulfone groups is 1. The molecule has 8 heteroatoms. The Labute approximate surface area is 114 Å². The molecule has 1 heterocycles. The molecule has 6 nitrogen and oxygen atoms in total. The molecule has 0 unspecified atom stereocenters. The number of esters is 1. The maximum Gasteiger partial charge on any atom is 0.302 e. The van der Waals surface area contributed by atoms with Gasteiger partial charge in [0.2, 0.25) is 0 Å².